The Balaban J connectivity index is 2.53. The molecule has 0 aliphatic heterocycles. The third-order valence-electron chi connectivity index (χ3n) is 3.34. The summed E-state index contributed by atoms with van der Waals surface area (Å²) in [6.07, 6.45) is 1.75. The molecule has 0 bridgehead atoms. The molecule has 1 atom stereocenters. The maximum Gasteiger partial charge on any atom is 0.218 e. The molecule has 0 radical (unpaired) electrons. The van der Waals surface area contributed by atoms with Crippen LogP contribution in [0.5, 0.6) is 5.88 Å². The lowest BCUT2D eigenvalue weighted by atomic mass is 9.94. The Kier molecular flexibility index (Phi) is 4.17. The lowest BCUT2D eigenvalue weighted by molar-refractivity contribution is 0.388. The number of nitrogens with one attached hydrogen (secondary N) is 1. The van der Waals surface area contributed by atoms with Gasteiger partial charge in [-0.25, -0.2) is 4.98 Å². The summed E-state index contributed by atoms with van der Waals surface area (Å²) in [7, 11) is 3.61. The van der Waals surface area contributed by atoms with E-state index >= 15 is 0 Å². The molecule has 0 fully saturated rings. The number of ether oxygens (including phenoxy) is 1. The Morgan fingerprint density at radius 1 is 1.16 bits per heavy atom. The summed E-state index contributed by atoms with van der Waals surface area (Å²) in [4.78, 5) is 4.28. The van der Waals surface area contributed by atoms with E-state index in [0.29, 0.717) is 5.88 Å². The number of methoxy groups -OCH3 is 1. The van der Waals surface area contributed by atoms with Gasteiger partial charge in [-0.3, -0.25) is 0 Å². The largest absolute Gasteiger partial charge is 0.481 e. The van der Waals surface area contributed by atoms with Gasteiger partial charge < -0.3 is 10.1 Å². The van der Waals surface area contributed by atoms with Crippen LogP contribution in [0.25, 0.3) is 0 Å². The van der Waals surface area contributed by atoms with Crippen molar-refractivity contribution in [3.63, 3.8) is 0 Å². The molecule has 0 saturated heterocycles. The zero-order valence-corrected chi connectivity index (χ0v) is 11.9. The molecular weight excluding hydrogens is 236 g/mol. The zero-order valence-electron chi connectivity index (χ0n) is 11.9. The Bertz CT molecular complexity index is 566. The van der Waals surface area contributed by atoms with Crippen LogP contribution in [0.1, 0.15) is 28.3 Å². The topological polar surface area (TPSA) is 34.2 Å². The van der Waals surface area contributed by atoms with Crippen molar-refractivity contribution >= 4 is 0 Å². The minimum Gasteiger partial charge on any atom is -0.481 e. The van der Waals surface area contributed by atoms with Gasteiger partial charge in [-0.2, -0.15) is 0 Å². The number of nitrogens with zero attached hydrogens (tertiary/aromatic N) is 1. The molecule has 0 saturated carbocycles. The number of rotatable bonds is 4. The normalized spacial score (nSPS) is 12.2. The lowest BCUT2D eigenvalue weighted by Crippen LogP contribution is -2.20. The van der Waals surface area contributed by atoms with Crippen LogP contribution in [-0.4, -0.2) is 19.1 Å². The number of pyridine rings is 1. The fourth-order valence-corrected chi connectivity index (χ4v) is 2.34. The van der Waals surface area contributed by atoms with Gasteiger partial charge in [-0.05, 0) is 38.1 Å². The van der Waals surface area contributed by atoms with E-state index in [2.05, 4.69) is 48.4 Å². The fourth-order valence-electron chi connectivity index (χ4n) is 2.34. The first-order valence-electron chi connectivity index (χ1n) is 6.40. The van der Waals surface area contributed by atoms with Crippen LogP contribution < -0.4 is 10.1 Å². The summed E-state index contributed by atoms with van der Waals surface area (Å²) >= 11 is 0. The Hall–Kier alpha value is -1.87. The minimum atomic E-state index is 0.0866. The van der Waals surface area contributed by atoms with E-state index in [4.69, 9.17) is 4.74 Å². The molecule has 19 heavy (non-hydrogen) atoms. The monoisotopic (exact) mass is 256 g/mol. The molecule has 1 aromatic heterocycles. The highest BCUT2D eigenvalue weighted by Crippen LogP contribution is 2.30. The Morgan fingerprint density at radius 3 is 2.63 bits per heavy atom. The van der Waals surface area contributed by atoms with Crippen LogP contribution in [0, 0.1) is 13.8 Å². The van der Waals surface area contributed by atoms with Gasteiger partial charge in [0.25, 0.3) is 0 Å². The Morgan fingerprint density at radius 2 is 1.95 bits per heavy atom. The fraction of sp³-hybridized carbons (Fsp3) is 0.312. The van der Waals surface area contributed by atoms with Crippen molar-refractivity contribution in [2.75, 3.05) is 14.2 Å². The highest BCUT2D eigenvalue weighted by Gasteiger charge is 2.18. The van der Waals surface area contributed by atoms with Gasteiger partial charge >= 0.3 is 0 Å². The quantitative estimate of drug-likeness (QED) is 0.913. The van der Waals surface area contributed by atoms with Crippen LogP contribution in [0.3, 0.4) is 0 Å². The molecule has 100 valence electrons. The van der Waals surface area contributed by atoms with Crippen LogP contribution >= 0.6 is 0 Å². The van der Waals surface area contributed by atoms with E-state index in [1.54, 1.807) is 13.3 Å². The molecule has 1 N–H and O–H groups in total. The van der Waals surface area contributed by atoms with Crippen molar-refractivity contribution in [2.45, 2.75) is 19.9 Å². The van der Waals surface area contributed by atoms with Gasteiger partial charge in [0.15, 0.2) is 0 Å². The summed E-state index contributed by atoms with van der Waals surface area (Å²) in [6, 6.07) is 10.6. The maximum atomic E-state index is 5.37. The van der Waals surface area contributed by atoms with Gasteiger partial charge in [0, 0.05) is 11.8 Å². The van der Waals surface area contributed by atoms with E-state index in [1.807, 2.05) is 13.1 Å². The van der Waals surface area contributed by atoms with Gasteiger partial charge in [0.2, 0.25) is 5.88 Å². The van der Waals surface area contributed by atoms with Crippen molar-refractivity contribution in [3.05, 3.63) is 58.8 Å². The van der Waals surface area contributed by atoms with Crippen molar-refractivity contribution in [1.29, 1.82) is 0 Å². The Labute approximate surface area is 114 Å². The molecule has 0 aliphatic rings. The number of hydrogen-bond acceptors (Lipinski definition) is 3. The van der Waals surface area contributed by atoms with Crippen molar-refractivity contribution in [3.8, 4) is 5.88 Å². The molecule has 0 amide bonds. The van der Waals surface area contributed by atoms with Crippen molar-refractivity contribution < 1.29 is 4.74 Å². The molecule has 3 nitrogen and oxygen atoms in total. The zero-order chi connectivity index (χ0) is 13.8. The highest BCUT2D eigenvalue weighted by molar-refractivity contribution is 5.42. The SMILES string of the molecule is CNC(c1cc(C)ccc1C)c1cccnc1OC. The first-order valence-corrected chi connectivity index (χ1v) is 6.40. The number of benzene rings is 1. The summed E-state index contributed by atoms with van der Waals surface area (Å²) < 4.78 is 5.37. The maximum absolute atomic E-state index is 5.37. The summed E-state index contributed by atoms with van der Waals surface area (Å²) in [5, 5.41) is 3.36. The molecule has 3 heteroatoms. The van der Waals surface area contributed by atoms with Gasteiger partial charge in [-0.15, -0.1) is 0 Å². The second-order valence-corrected chi connectivity index (χ2v) is 4.68. The van der Waals surface area contributed by atoms with Crippen LogP contribution in [-0.2, 0) is 0 Å². The molecule has 1 aromatic carbocycles. The number of aryl methyl sites for hydroxylation is 2. The molecule has 2 rings (SSSR count). The van der Waals surface area contributed by atoms with Gasteiger partial charge in [0.1, 0.15) is 0 Å². The van der Waals surface area contributed by atoms with Crippen molar-refractivity contribution in [1.82, 2.24) is 10.3 Å². The smallest absolute Gasteiger partial charge is 0.218 e. The second kappa shape index (κ2) is 5.85. The first-order chi connectivity index (χ1) is 9.17. The third-order valence-corrected chi connectivity index (χ3v) is 3.34. The highest BCUT2D eigenvalue weighted by atomic mass is 16.5. The van der Waals surface area contributed by atoms with Crippen LogP contribution in [0.15, 0.2) is 36.5 Å². The average Bonchev–Trinajstić information content (AvgIpc) is 2.44. The minimum absolute atomic E-state index is 0.0866. The summed E-state index contributed by atoms with van der Waals surface area (Å²) in [5.41, 5.74) is 4.83. The molecule has 0 aliphatic carbocycles. The van der Waals surface area contributed by atoms with E-state index in [-0.39, 0.29) is 6.04 Å². The number of hydrogen-bond donors (Lipinski definition) is 1. The molecule has 1 heterocycles. The van der Waals surface area contributed by atoms with Gasteiger partial charge in [-0.1, -0.05) is 29.8 Å². The molecule has 0 spiro atoms. The summed E-state index contributed by atoms with van der Waals surface area (Å²) in [5.74, 6) is 0.669. The van der Waals surface area contributed by atoms with E-state index < -0.39 is 0 Å². The third kappa shape index (κ3) is 2.76. The molecule has 1 unspecified atom stereocenters. The first kappa shape index (κ1) is 13.6. The summed E-state index contributed by atoms with van der Waals surface area (Å²) in [6.45, 7) is 4.23. The predicted molar refractivity (Wildman–Crippen MR) is 77.6 cm³/mol. The van der Waals surface area contributed by atoms with E-state index in [9.17, 15) is 0 Å². The standard InChI is InChI=1S/C16H20N2O/c1-11-7-8-12(2)14(10-11)15(17-3)13-6-5-9-18-16(13)19-4/h5-10,15,17H,1-4H3. The van der Waals surface area contributed by atoms with Crippen molar-refractivity contribution in [2.24, 2.45) is 0 Å². The van der Waals surface area contributed by atoms with Crippen LogP contribution in [0.4, 0.5) is 0 Å². The molecular formula is C16H20N2O. The lowest BCUT2D eigenvalue weighted by Gasteiger charge is -2.21. The van der Waals surface area contributed by atoms with E-state index in [0.717, 1.165) is 5.56 Å². The molecule has 2 aromatic rings. The van der Waals surface area contributed by atoms with Gasteiger partial charge in [0.05, 0.1) is 13.2 Å². The average molecular weight is 256 g/mol. The number of aromatic nitrogens is 1. The van der Waals surface area contributed by atoms with E-state index in [1.165, 1.54) is 16.7 Å². The second-order valence-electron chi connectivity index (χ2n) is 4.68. The predicted octanol–water partition coefficient (Wildman–Crippen LogP) is 3.02. The van der Waals surface area contributed by atoms with Crippen LogP contribution in [0.2, 0.25) is 0 Å².